The molecule has 1 unspecified atom stereocenters. The highest BCUT2D eigenvalue weighted by atomic mass is 15.0. The fourth-order valence-corrected chi connectivity index (χ4v) is 10.1. The van der Waals surface area contributed by atoms with Gasteiger partial charge in [-0.2, -0.15) is 0 Å². The maximum Gasteiger partial charge on any atom is 0.134 e. The average Bonchev–Trinajstić information content (AvgIpc) is 3.48. The van der Waals surface area contributed by atoms with E-state index in [1.165, 1.54) is 33.4 Å². The van der Waals surface area contributed by atoms with Crippen molar-refractivity contribution in [1.29, 1.82) is 0 Å². The number of hydrogen-bond donors (Lipinski definition) is 1. The summed E-state index contributed by atoms with van der Waals surface area (Å²) in [5, 5.41) is 3.94. The Morgan fingerprint density at radius 3 is 0.973 bits per heavy atom. The first-order valence-corrected chi connectivity index (χ1v) is 25.0. The third-order valence-corrected chi connectivity index (χ3v) is 13.7. The third-order valence-electron chi connectivity index (χ3n) is 13.7. The Morgan fingerprint density at radius 1 is 0.315 bits per heavy atom. The highest BCUT2D eigenvalue weighted by molar-refractivity contribution is 6.06. The van der Waals surface area contributed by atoms with Crippen LogP contribution in [0.1, 0.15) is 29.7 Å². The molecule has 0 heterocycles. The third kappa shape index (κ3) is 9.88. The van der Waals surface area contributed by atoms with E-state index in [2.05, 4.69) is 280 Å². The van der Waals surface area contributed by atoms with E-state index in [0.29, 0.717) is 5.70 Å². The van der Waals surface area contributed by atoms with Crippen LogP contribution < -0.4 is 5.32 Å². The monoisotopic (exact) mass is 934 g/mol. The Kier molecular flexibility index (Phi) is 13.4. The molecule has 0 aliphatic carbocycles. The van der Waals surface area contributed by atoms with Gasteiger partial charge in [0.2, 0.25) is 0 Å². The predicted molar refractivity (Wildman–Crippen MR) is 310 cm³/mol. The van der Waals surface area contributed by atoms with Gasteiger partial charge in [0.05, 0.1) is 11.7 Å². The lowest BCUT2D eigenvalue weighted by atomic mass is 9.80. The van der Waals surface area contributed by atoms with Crippen LogP contribution in [0.15, 0.2) is 297 Å². The molecule has 0 fully saturated rings. The van der Waals surface area contributed by atoms with Gasteiger partial charge in [0, 0.05) is 5.56 Å². The second-order valence-corrected chi connectivity index (χ2v) is 18.4. The Bertz CT molecular complexity index is 3670. The summed E-state index contributed by atoms with van der Waals surface area (Å²) in [5.41, 5.74) is 22.2. The summed E-state index contributed by atoms with van der Waals surface area (Å²) >= 11 is 0. The van der Waals surface area contributed by atoms with Gasteiger partial charge in [-0.15, -0.1) is 0 Å². The first kappa shape index (κ1) is 46.0. The summed E-state index contributed by atoms with van der Waals surface area (Å²) in [4.78, 5) is 5.24. The van der Waals surface area contributed by atoms with Gasteiger partial charge in [0.15, 0.2) is 0 Å². The number of benzene rings is 11. The molecule has 0 bridgehead atoms. The largest absolute Gasteiger partial charge is 0.363 e. The first-order valence-electron chi connectivity index (χ1n) is 25.0. The van der Waals surface area contributed by atoms with Gasteiger partial charge in [0.1, 0.15) is 5.84 Å². The summed E-state index contributed by atoms with van der Waals surface area (Å²) in [6.45, 7) is 6.71. The number of nitrogens with one attached hydrogen (secondary N) is 1. The highest BCUT2D eigenvalue weighted by Crippen LogP contribution is 2.50. The molecule has 11 rings (SSSR count). The Labute approximate surface area is 430 Å². The smallest absolute Gasteiger partial charge is 0.134 e. The normalized spacial score (nSPS) is 11.7. The molecule has 11 aromatic carbocycles. The van der Waals surface area contributed by atoms with Crippen LogP contribution in [-0.4, -0.2) is 5.84 Å². The van der Waals surface area contributed by atoms with Crippen LogP contribution in [0.4, 0.5) is 0 Å². The van der Waals surface area contributed by atoms with Gasteiger partial charge in [-0.25, -0.2) is 4.99 Å². The molecular formula is C71H54N2. The zero-order valence-corrected chi connectivity index (χ0v) is 40.9. The van der Waals surface area contributed by atoms with Crippen molar-refractivity contribution in [3.8, 4) is 89.0 Å². The average molecular weight is 935 g/mol. The number of amidine groups is 1. The molecule has 0 aromatic heterocycles. The van der Waals surface area contributed by atoms with Crippen molar-refractivity contribution in [2.45, 2.75) is 13.0 Å². The summed E-state index contributed by atoms with van der Waals surface area (Å²) in [6, 6.07) is 102. The maximum atomic E-state index is 5.24. The van der Waals surface area contributed by atoms with Gasteiger partial charge >= 0.3 is 0 Å². The highest BCUT2D eigenvalue weighted by Gasteiger charge is 2.25. The van der Waals surface area contributed by atoms with E-state index >= 15 is 0 Å². The number of nitrogens with zero attached hydrogens (tertiary/aromatic N) is 1. The molecule has 2 heteroatoms. The van der Waals surface area contributed by atoms with Gasteiger partial charge in [-0.3, -0.25) is 0 Å². The van der Waals surface area contributed by atoms with Crippen LogP contribution in [-0.2, 0) is 0 Å². The number of hydrogen-bond acceptors (Lipinski definition) is 1. The van der Waals surface area contributed by atoms with Crippen molar-refractivity contribution in [3.63, 3.8) is 0 Å². The summed E-state index contributed by atoms with van der Waals surface area (Å²) in [6.07, 6.45) is 0. The molecule has 11 aromatic rings. The molecule has 0 spiro atoms. The van der Waals surface area contributed by atoms with Crippen molar-refractivity contribution in [2.75, 3.05) is 0 Å². The molecule has 1 atom stereocenters. The van der Waals surface area contributed by atoms with Gasteiger partial charge in [-0.05, 0) is 125 Å². The summed E-state index contributed by atoms with van der Waals surface area (Å²) in [5.74, 6) is 0.749. The molecule has 348 valence electrons. The topological polar surface area (TPSA) is 24.4 Å². The molecule has 0 aliphatic heterocycles. The second kappa shape index (κ2) is 21.3. The zero-order valence-electron chi connectivity index (χ0n) is 40.9. The van der Waals surface area contributed by atoms with Crippen molar-refractivity contribution in [3.05, 3.63) is 308 Å². The van der Waals surface area contributed by atoms with Crippen LogP contribution in [0.2, 0.25) is 0 Å². The van der Waals surface area contributed by atoms with Crippen molar-refractivity contribution in [1.82, 2.24) is 5.32 Å². The molecule has 0 radical (unpaired) electrons. The second-order valence-electron chi connectivity index (χ2n) is 18.4. The minimum Gasteiger partial charge on any atom is -0.363 e. The zero-order chi connectivity index (χ0) is 49.3. The Hall–Kier alpha value is -9.37. The van der Waals surface area contributed by atoms with E-state index in [-0.39, 0.29) is 6.04 Å². The number of aliphatic imine (C=N–C) groups is 1. The summed E-state index contributed by atoms with van der Waals surface area (Å²) < 4.78 is 0. The molecule has 0 aliphatic rings. The predicted octanol–water partition coefficient (Wildman–Crippen LogP) is 18.8. The van der Waals surface area contributed by atoms with E-state index < -0.39 is 0 Å². The van der Waals surface area contributed by atoms with Crippen molar-refractivity contribution >= 4 is 11.5 Å². The lowest BCUT2D eigenvalue weighted by molar-refractivity contribution is 0.718. The van der Waals surface area contributed by atoms with Crippen LogP contribution >= 0.6 is 0 Å². The minimum atomic E-state index is -0.212. The van der Waals surface area contributed by atoms with Gasteiger partial charge in [0.25, 0.3) is 0 Å². The Balaban J connectivity index is 1.22. The molecule has 73 heavy (non-hydrogen) atoms. The van der Waals surface area contributed by atoms with E-state index in [9.17, 15) is 0 Å². The Morgan fingerprint density at radius 2 is 0.603 bits per heavy atom. The summed E-state index contributed by atoms with van der Waals surface area (Å²) in [7, 11) is 0. The van der Waals surface area contributed by atoms with E-state index in [1.54, 1.807) is 0 Å². The number of rotatable bonds is 13. The van der Waals surface area contributed by atoms with Crippen LogP contribution in [0.5, 0.6) is 0 Å². The molecule has 2 nitrogen and oxygen atoms in total. The molecule has 0 amide bonds. The van der Waals surface area contributed by atoms with Crippen LogP contribution in [0, 0.1) is 0 Å². The SMILES string of the molecule is C=C(N=C(NC(C)c1cc(-c2ccc(-c3ccccc3)c(-c3ccccc3)c2-c2ccccc2)cc(-c2c(-c3ccccc3)ccc(-c3ccccc3)c2-c2ccccc2)c1)c1ccccc1)c1ccccc1. The maximum absolute atomic E-state index is 5.24. The fourth-order valence-electron chi connectivity index (χ4n) is 10.1. The minimum absolute atomic E-state index is 0.212. The van der Waals surface area contributed by atoms with Gasteiger partial charge < -0.3 is 5.32 Å². The standard InChI is InChI=1S/C71H54N2/c1-50(52-27-11-3-12-28-52)72-71(59-41-25-10-26-42-59)73-51(2)60-47-61(66-46-45-63(53-29-13-4-14-30-53)67(56-35-19-7-20-36-56)69(66)58-39-23-9-24-40-58)49-62(48-60)70-65(55-33-17-6-18-34-55)44-43-64(54-31-15-5-16-32-54)68(70)57-37-21-8-22-38-57/h3-49,51H,1H2,2H3,(H,72,73). The lowest BCUT2D eigenvalue weighted by Gasteiger charge is -2.25. The molecule has 1 N–H and O–H groups in total. The fraction of sp³-hybridized carbons (Fsp3) is 0.0282. The van der Waals surface area contributed by atoms with Crippen LogP contribution in [0.25, 0.3) is 94.7 Å². The van der Waals surface area contributed by atoms with E-state index in [0.717, 1.165) is 78.2 Å². The van der Waals surface area contributed by atoms with Crippen LogP contribution in [0.3, 0.4) is 0 Å². The van der Waals surface area contributed by atoms with Crippen molar-refractivity contribution in [2.24, 2.45) is 4.99 Å². The van der Waals surface area contributed by atoms with Gasteiger partial charge in [-0.1, -0.05) is 273 Å². The molecule has 0 saturated heterocycles. The quantitative estimate of drug-likeness (QED) is 0.0904. The molecular weight excluding hydrogens is 881 g/mol. The first-order chi connectivity index (χ1) is 36.1. The molecule has 0 saturated carbocycles. The van der Waals surface area contributed by atoms with Crippen molar-refractivity contribution < 1.29 is 0 Å². The van der Waals surface area contributed by atoms with E-state index in [1.807, 2.05) is 24.3 Å². The van der Waals surface area contributed by atoms with E-state index in [4.69, 9.17) is 4.99 Å². The lowest BCUT2D eigenvalue weighted by Crippen LogP contribution is -2.27.